The fourth-order valence-corrected chi connectivity index (χ4v) is 0.635. The Labute approximate surface area is 64.8 Å². The first kappa shape index (κ1) is 7.60. The van der Waals surface area contributed by atoms with E-state index in [1.54, 1.807) is 6.92 Å². The molecule has 0 amide bonds. The molecule has 0 saturated heterocycles. The molecule has 0 saturated carbocycles. The summed E-state index contributed by atoms with van der Waals surface area (Å²) in [5.41, 5.74) is 0.825. The van der Waals surface area contributed by atoms with E-state index < -0.39 is 0 Å². The normalized spacial score (nSPS) is 9.18. The Morgan fingerprint density at radius 1 is 1.55 bits per heavy atom. The maximum absolute atomic E-state index is 11.1. The van der Waals surface area contributed by atoms with Crippen molar-refractivity contribution in [2.45, 2.75) is 6.92 Å². The largest absolute Gasteiger partial charge is 0.287 e. The fraction of sp³-hybridized carbons (Fsp3) is 0.125. The number of allylic oxidation sites excluding steroid dienone is 1. The predicted molar refractivity (Wildman–Crippen MR) is 41.2 cm³/mol. The SMILES string of the molecule is C=C(C)C(=O)c1cnccn1. The zero-order chi connectivity index (χ0) is 8.27. The maximum Gasteiger partial charge on any atom is 0.208 e. The topological polar surface area (TPSA) is 42.9 Å². The minimum absolute atomic E-state index is 0.155. The Balaban J connectivity index is 2.95. The third-order valence-electron chi connectivity index (χ3n) is 1.18. The molecular weight excluding hydrogens is 140 g/mol. The summed E-state index contributed by atoms with van der Waals surface area (Å²) >= 11 is 0. The van der Waals surface area contributed by atoms with E-state index >= 15 is 0 Å². The Kier molecular flexibility index (Phi) is 2.11. The number of nitrogens with zero attached hydrogens (tertiary/aromatic N) is 2. The Hall–Kier alpha value is -1.51. The van der Waals surface area contributed by atoms with Gasteiger partial charge in [-0.2, -0.15) is 0 Å². The number of aromatic nitrogens is 2. The lowest BCUT2D eigenvalue weighted by molar-refractivity contribution is 0.103. The average Bonchev–Trinajstić information content (AvgIpc) is 2.05. The minimum atomic E-state index is -0.155. The molecule has 11 heavy (non-hydrogen) atoms. The Morgan fingerprint density at radius 2 is 2.27 bits per heavy atom. The highest BCUT2D eigenvalue weighted by Crippen LogP contribution is 1.99. The van der Waals surface area contributed by atoms with Crippen LogP contribution in [-0.2, 0) is 0 Å². The van der Waals surface area contributed by atoms with Gasteiger partial charge in [0.05, 0.1) is 6.20 Å². The molecule has 1 heterocycles. The predicted octanol–water partition coefficient (Wildman–Crippen LogP) is 1.24. The standard InChI is InChI=1S/C8H8N2O/c1-6(2)8(11)7-5-9-3-4-10-7/h3-5H,1H2,2H3. The molecule has 3 nitrogen and oxygen atoms in total. The molecule has 1 aromatic heterocycles. The molecule has 0 bridgehead atoms. The van der Waals surface area contributed by atoms with Crippen LogP contribution < -0.4 is 0 Å². The second-order valence-corrected chi connectivity index (χ2v) is 2.20. The molecule has 0 aliphatic rings. The van der Waals surface area contributed by atoms with Gasteiger partial charge in [0.25, 0.3) is 0 Å². The lowest BCUT2D eigenvalue weighted by Crippen LogP contribution is -2.02. The molecule has 0 unspecified atom stereocenters. The highest BCUT2D eigenvalue weighted by atomic mass is 16.1. The van der Waals surface area contributed by atoms with Crippen molar-refractivity contribution in [1.29, 1.82) is 0 Å². The van der Waals surface area contributed by atoms with Gasteiger partial charge in [-0.25, -0.2) is 4.98 Å². The van der Waals surface area contributed by atoms with Crippen LogP contribution in [0.4, 0.5) is 0 Å². The minimum Gasteiger partial charge on any atom is -0.287 e. The molecular formula is C8H8N2O. The molecule has 0 aliphatic carbocycles. The van der Waals surface area contributed by atoms with Crippen molar-refractivity contribution in [3.8, 4) is 0 Å². The van der Waals surface area contributed by atoms with Gasteiger partial charge in [0.15, 0.2) is 0 Å². The maximum atomic E-state index is 11.1. The number of hydrogen-bond donors (Lipinski definition) is 0. The summed E-state index contributed by atoms with van der Waals surface area (Å²) in [6.07, 6.45) is 4.43. The highest BCUT2D eigenvalue weighted by Gasteiger charge is 2.05. The lowest BCUT2D eigenvalue weighted by atomic mass is 10.2. The van der Waals surface area contributed by atoms with Gasteiger partial charge in [-0.1, -0.05) is 6.58 Å². The Morgan fingerprint density at radius 3 is 2.73 bits per heavy atom. The number of carbonyl (C=O) groups is 1. The fourth-order valence-electron chi connectivity index (χ4n) is 0.635. The van der Waals surface area contributed by atoms with Gasteiger partial charge >= 0.3 is 0 Å². The number of hydrogen-bond acceptors (Lipinski definition) is 3. The molecule has 1 rings (SSSR count). The first-order valence-electron chi connectivity index (χ1n) is 3.18. The van der Waals surface area contributed by atoms with Gasteiger partial charge in [0.2, 0.25) is 5.78 Å². The van der Waals surface area contributed by atoms with Crippen LogP contribution in [0.25, 0.3) is 0 Å². The lowest BCUT2D eigenvalue weighted by Gasteiger charge is -1.95. The number of ketones is 1. The summed E-state index contributed by atoms with van der Waals surface area (Å²) in [6.45, 7) is 5.16. The van der Waals surface area contributed by atoms with E-state index in [9.17, 15) is 4.79 Å². The van der Waals surface area contributed by atoms with E-state index in [4.69, 9.17) is 0 Å². The smallest absolute Gasteiger partial charge is 0.208 e. The van der Waals surface area contributed by atoms with E-state index in [0.717, 1.165) is 0 Å². The van der Waals surface area contributed by atoms with Crippen LogP contribution in [0.1, 0.15) is 17.4 Å². The van der Waals surface area contributed by atoms with Crippen LogP contribution in [0.5, 0.6) is 0 Å². The van der Waals surface area contributed by atoms with E-state index in [1.807, 2.05) is 0 Å². The molecule has 0 aliphatic heterocycles. The summed E-state index contributed by atoms with van der Waals surface area (Å²) in [7, 11) is 0. The van der Waals surface area contributed by atoms with Gasteiger partial charge < -0.3 is 0 Å². The molecule has 0 N–H and O–H groups in total. The summed E-state index contributed by atoms with van der Waals surface area (Å²) in [5, 5.41) is 0. The van der Waals surface area contributed by atoms with Crippen LogP contribution in [0.2, 0.25) is 0 Å². The molecule has 56 valence electrons. The van der Waals surface area contributed by atoms with Gasteiger partial charge in [-0.15, -0.1) is 0 Å². The van der Waals surface area contributed by atoms with Crippen LogP contribution in [0.15, 0.2) is 30.7 Å². The van der Waals surface area contributed by atoms with Gasteiger partial charge in [0.1, 0.15) is 5.69 Å². The Bertz CT molecular complexity index is 279. The van der Waals surface area contributed by atoms with Crippen molar-refractivity contribution in [1.82, 2.24) is 9.97 Å². The summed E-state index contributed by atoms with van der Waals surface area (Å²) in [5.74, 6) is -0.155. The molecule has 0 radical (unpaired) electrons. The van der Waals surface area contributed by atoms with Crippen molar-refractivity contribution in [2.24, 2.45) is 0 Å². The van der Waals surface area contributed by atoms with E-state index in [0.29, 0.717) is 11.3 Å². The van der Waals surface area contributed by atoms with Gasteiger partial charge in [-0.3, -0.25) is 9.78 Å². The molecule has 0 aromatic carbocycles. The van der Waals surface area contributed by atoms with Gasteiger partial charge in [-0.05, 0) is 12.5 Å². The van der Waals surface area contributed by atoms with Crippen LogP contribution in [0.3, 0.4) is 0 Å². The zero-order valence-electron chi connectivity index (χ0n) is 6.24. The number of rotatable bonds is 2. The zero-order valence-corrected chi connectivity index (χ0v) is 6.24. The van der Waals surface area contributed by atoms with Crippen molar-refractivity contribution >= 4 is 5.78 Å². The average molecular weight is 148 g/mol. The van der Waals surface area contributed by atoms with E-state index in [-0.39, 0.29) is 5.78 Å². The van der Waals surface area contributed by atoms with Gasteiger partial charge in [0, 0.05) is 12.4 Å². The van der Waals surface area contributed by atoms with Crippen molar-refractivity contribution in [3.05, 3.63) is 36.4 Å². The second-order valence-electron chi connectivity index (χ2n) is 2.20. The molecule has 0 fully saturated rings. The quantitative estimate of drug-likeness (QED) is 0.468. The van der Waals surface area contributed by atoms with E-state index in [1.165, 1.54) is 18.6 Å². The van der Waals surface area contributed by atoms with Crippen LogP contribution >= 0.6 is 0 Å². The number of Topliss-reactive ketones (excluding diaryl/α,β-unsaturated/α-hetero) is 1. The molecule has 3 heteroatoms. The monoisotopic (exact) mass is 148 g/mol. The van der Waals surface area contributed by atoms with Crippen molar-refractivity contribution in [2.75, 3.05) is 0 Å². The van der Waals surface area contributed by atoms with Crippen molar-refractivity contribution in [3.63, 3.8) is 0 Å². The molecule has 1 aromatic rings. The second kappa shape index (κ2) is 3.05. The highest BCUT2D eigenvalue weighted by molar-refractivity contribution is 6.06. The van der Waals surface area contributed by atoms with Crippen molar-refractivity contribution < 1.29 is 4.79 Å². The third kappa shape index (κ3) is 1.70. The first-order valence-corrected chi connectivity index (χ1v) is 3.18. The summed E-state index contributed by atoms with van der Waals surface area (Å²) in [4.78, 5) is 18.7. The molecule has 0 spiro atoms. The van der Waals surface area contributed by atoms with E-state index in [2.05, 4.69) is 16.5 Å². The molecule has 0 atom stereocenters. The van der Waals surface area contributed by atoms with Crippen LogP contribution in [0, 0.1) is 0 Å². The third-order valence-corrected chi connectivity index (χ3v) is 1.18. The first-order chi connectivity index (χ1) is 5.22. The van der Waals surface area contributed by atoms with Crippen LogP contribution in [-0.4, -0.2) is 15.8 Å². The summed E-state index contributed by atoms with van der Waals surface area (Å²) < 4.78 is 0. The summed E-state index contributed by atoms with van der Waals surface area (Å²) in [6, 6.07) is 0. The number of carbonyl (C=O) groups excluding carboxylic acids is 1.